The summed E-state index contributed by atoms with van der Waals surface area (Å²) in [5, 5.41) is 126. The van der Waals surface area contributed by atoms with Gasteiger partial charge in [0, 0.05) is 0 Å². The molecule has 0 fully saturated rings. The Kier molecular flexibility index (Phi) is 60.0. The molecule has 0 heterocycles. The summed E-state index contributed by atoms with van der Waals surface area (Å²) in [7, 11) is -14.6. The zero-order valence-electron chi connectivity index (χ0n) is 10.0. The molecule has 0 saturated heterocycles. The van der Waals surface area contributed by atoms with E-state index in [2.05, 4.69) is 0 Å². The molecule has 0 aromatic carbocycles. The van der Waals surface area contributed by atoms with Crippen LogP contribution in [0.1, 0.15) is 0 Å². The third-order valence-electron chi connectivity index (χ3n) is 0. The number of rotatable bonds is 0. The van der Waals surface area contributed by atoms with Crippen molar-refractivity contribution in [2.24, 2.45) is 0 Å². The van der Waals surface area contributed by atoms with Crippen LogP contribution in [0.3, 0.4) is 0 Å². The predicted octanol–water partition coefficient (Wildman–Crippen LogP) is -22.7. The molecule has 120 valence electrons. The maximum atomic E-state index is 8.42. The molecule has 0 aliphatic rings. The van der Waals surface area contributed by atoms with Crippen LogP contribution in [-0.4, -0.2) is 36.6 Å². The zero-order chi connectivity index (χ0) is 17.9. The van der Waals surface area contributed by atoms with Gasteiger partial charge in [-0.05, 0) is 0 Å². The fourth-order valence-electron chi connectivity index (χ4n) is 0. The van der Waals surface area contributed by atoms with E-state index in [0.29, 0.717) is 0 Å². The fraction of sp³-hybridized carbons (Fsp3) is 0. The molecular weight excluding hydrogens is 333 g/mol. The van der Waals surface area contributed by atoms with Gasteiger partial charge in [-0.2, -0.15) is 0 Å². The van der Waals surface area contributed by atoms with Gasteiger partial charge in [0.1, 0.15) is 0 Å². The molecule has 0 aliphatic carbocycles. The van der Waals surface area contributed by atoms with Gasteiger partial charge >= 0.3 is 51.4 Å². The summed E-state index contributed by atoms with van der Waals surface area (Å²) in [5.74, 6) is 0. The van der Waals surface area contributed by atoms with Crippen LogP contribution in [-0.2, 0) is 0 Å². The molecule has 0 atom stereocenters. The Hall–Kier alpha value is 1.36. The Bertz CT molecular complexity index is 80.6. The van der Waals surface area contributed by atoms with E-state index in [4.69, 9.17) is 75.4 Å². The normalized spacial score (nSPS) is 6.43. The molecule has 0 bridgehead atoms. The van der Waals surface area contributed by atoms with E-state index in [1.165, 1.54) is 0 Å². The van der Waals surface area contributed by atoms with Crippen LogP contribution >= 0.6 is 0 Å². The summed E-state index contributed by atoms with van der Waals surface area (Å²) in [6, 6.07) is 0. The zero-order valence-corrected chi connectivity index (χ0v) is 13.1. The van der Waals surface area contributed by atoms with Gasteiger partial charge in [0.05, 0.1) is 0 Å². The molecule has 21 heteroatoms. The summed E-state index contributed by atoms with van der Waals surface area (Å²) >= 11 is 0. The van der Waals surface area contributed by atoms with E-state index in [1.54, 1.807) is 0 Å². The first-order chi connectivity index (χ1) is 8.66. The molecule has 0 aromatic rings. The van der Waals surface area contributed by atoms with Crippen molar-refractivity contribution in [3.05, 3.63) is 0 Å². The molecule has 0 amide bonds. The second-order valence-corrected chi connectivity index (χ2v) is 1.44. The quantitative estimate of drug-likeness (QED) is 0.371. The molecule has 0 radical (unpaired) electrons. The molecule has 0 spiro atoms. The van der Waals surface area contributed by atoms with Crippen LogP contribution in [0.5, 0.6) is 0 Å². The Morgan fingerprint density at radius 2 is 0.238 bits per heavy atom. The van der Waals surface area contributed by atoms with Gasteiger partial charge in [-0.3, -0.25) is 36.6 Å². The molecule has 0 N–H and O–H groups in total. The maximum absolute atomic E-state index is 8.42. The molecule has 0 saturated carbocycles. The van der Waals surface area contributed by atoms with Crippen LogP contribution in [0.15, 0.2) is 0 Å². The summed E-state index contributed by atoms with van der Waals surface area (Å²) in [4.78, 5) is 0. The van der Waals surface area contributed by atoms with E-state index in [-0.39, 0.29) is 51.4 Å². The topological polar surface area (TPSA) is 346 Å². The van der Waals surface area contributed by atoms with E-state index < -0.39 is 36.6 Å². The minimum absolute atomic E-state index is 0. The number of hydrogen-bond donors (Lipinski definition) is 0. The van der Waals surface area contributed by atoms with Crippen molar-refractivity contribution in [1.82, 2.24) is 0 Å². The average Bonchev–Trinajstić information content (AvgIpc) is 1.94. The van der Waals surface area contributed by atoms with Crippen molar-refractivity contribution in [3.63, 3.8) is 0 Å². The molecular formula is B5KO15-14. The Balaban J connectivity index is -0.0000000331. The molecule has 0 unspecified atom stereocenters. The summed E-state index contributed by atoms with van der Waals surface area (Å²) in [5.41, 5.74) is 0. The maximum Gasteiger partial charge on any atom is 1.00 e. The second-order valence-electron chi connectivity index (χ2n) is 1.44. The molecule has 15 nitrogen and oxygen atoms in total. The van der Waals surface area contributed by atoms with Crippen LogP contribution in [0.4, 0.5) is 0 Å². The SMILES string of the molecule is [K+].[O-]B([O-])[O-].[O-]B([O-])[O-].[O-]B([O-])[O-].[O-]B([O-])[O-].[O-]B([O-])[O-]. The van der Waals surface area contributed by atoms with E-state index in [1.807, 2.05) is 0 Å². The first-order valence-electron chi connectivity index (χ1n) is 3.54. The van der Waals surface area contributed by atoms with Gasteiger partial charge in [0.15, 0.2) is 0 Å². The van der Waals surface area contributed by atoms with Gasteiger partial charge in [0.2, 0.25) is 0 Å². The third kappa shape index (κ3) is 4320. The largest absolute Gasteiger partial charge is 1.00 e. The Morgan fingerprint density at radius 1 is 0.238 bits per heavy atom. The third-order valence-corrected chi connectivity index (χ3v) is 0. The van der Waals surface area contributed by atoms with Crippen molar-refractivity contribution < 1.29 is 127 Å². The van der Waals surface area contributed by atoms with Crippen molar-refractivity contribution in [2.75, 3.05) is 0 Å². The molecule has 21 heavy (non-hydrogen) atoms. The second kappa shape index (κ2) is 33.1. The minimum atomic E-state index is -2.92. The first kappa shape index (κ1) is 38.1. The van der Waals surface area contributed by atoms with Crippen molar-refractivity contribution in [2.45, 2.75) is 0 Å². The van der Waals surface area contributed by atoms with Crippen molar-refractivity contribution in [3.8, 4) is 0 Å². The Labute approximate surface area is 162 Å². The molecule has 0 rings (SSSR count). The Morgan fingerprint density at radius 3 is 0.238 bits per heavy atom. The van der Waals surface area contributed by atoms with Crippen LogP contribution < -0.4 is 127 Å². The monoisotopic (exact) mass is 334 g/mol. The summed E-state index contributed by atoms with van der Waals surface area (Å²) in [6.45, 7) is 0. The van der Waals surface area contributed by atoms with Crippen molar-refractivity contribution in [1.29, 1.82) is 0 Å². The van der Waals surface area contributed by atoms with Crippen LogP contribution in [0, 0.1) is 0 Å². The average molecular weight is 333 g/mol. The molecule has 0 aliphatic heterocycles. The van der Waals surface area contributed by atoms with Gasteiger partial charge in [-0.1, -0.05) is 0 Å². The van der Waals surface area contributed by atoms with E-state index in [9.17, 15) is 0 Å². The smallest absolute Gasteiger partial charge is 0.907 e. The summed E-state index contributed by atoms with van der Waals surface area (Å²) in [6.07, 6.45) is 0. The molecule has 0 aromatic heterocycles. The van der Waals surface area contributed by atoms with E-state index in [0.717, 1.165) is 0 Å². The van der Waals surface area contributed by atoms with Crippen LogP contribution in [0.2, 0.25) is 0 Å². The minimum Gasteiger partial charge on any atom is -0.907 e. The summed E-state index contributed by atoms with van der Waals surface area (Å²) < 4.78 is 0. The fourth-order valence-corrected chi connectivity index (χ4v) is 0. The number of hydrogen-bond acceptors (Lipinski definition) is 15. The van der Waals surface area contributed by atoms with E-state index >= 15 is 0 Å². The van der Waals surface area contributed by atoms with Gasteiger partial charge < -0.3 is 75.4 Å². The van der Waals surface area contributed by atoms with Crippen LogP contribution in [0.25, 0.3) is 0 Å². The van der Waals surface area contributed by atoms with Gasteiger partial charge in [-0.15, -0.1) is 0 Å². The van der Waals surface area contributed by atoms with Gasteiger partial charge in [0.25, 0.3) is 0 Å². The van der Waals surface area contributed by atoms with Crippen molar-refractivity contribution >= 4 is 36.6 Å². The standard InChI is InChI=1S/5BO3.K/c5*2-1(3)4;/q5*-3;+1. The first-order valence-corrected chi connectivity index (χ1v) is 3.54. The predicted molar refractivity (Wildman–Crippen MR) is 28.8 cm³/mol. The van der Waals surface area contributed by atoms with Gasteiger partial charge in [-0.25, -0.2) is 0 Å².